The van der Waals surface area contributed by atoms with Crippen LogP contribution in [0, 0.1) is 0 Å². The lowest BCUT2D eigenvalue weighted by molar-refractivity contribution is -0.119. The SMILES string of the molecule is CC(=O)N[C@@H](B1OC(C)C(c2ccccc2)(c2ccccc2)O1)c1ccccc1. The van der Waals surface area contributed by atoms with Gasteiger partial charge in [0, 0.05) is 6.92 Å². The van der Waals surface area contributed by atoms with Crippen LogP contribution in [0.4, 0.5) is 0 Å². The Hall–Kier alpha value is -2.89. The molecule has 1 unspecified atom stereocenters. The highest BCUT2D eigenvalue weighted by Crippen LogP contribution is 2.45. The third-order valence-corrected chi connectivity index (χ3v) is 5.41. The molecule has 1 N–H and O–H groups in total. The molecule has 0 saturated carbocycles. The van der Waals surface area contributed by atoms with Crippen molar-refractivity contribution in [2.75, 3.05) is 0 Å². The molecule has 146 valence electrons. The van der Waals surface area contributed by atoms with E-state index in [1.54, 1.807) is 0 Å². The van der Waals surface area contributed by atoms with E-state index in [-0.39, 0.29) is 12.0 Å². The van der Waals surface area contributed by atoms with Crippen molar-refractivity contribution in [1.29, 1.82) is 0 Å². The third kappa shape index (κ3) is 3.71. The molecule has 0 bridgehead atoms. The van der Waals surface area contributed by atoms with E-state index >= 15 is 0 Å². The predicted molar refractivity (Wildman–Crippen MR) is 114 cm³/mol. The van der Waals surface area contributed by atoms with E-state index < -0.39 is 18.7 Å². The van der Waals surface area contributed by atoms with Crippen LogP contribution in [-0.2, 0) is 19.7 Å². The van der Waals surface area contributed by atoms with Gasteiger partial charge in [-0.15, -0.1) is 0 Å². The van der Waals surface area contributed by atoms with E-state index in [4.69, 9.17) is 9.31 Å². The average Bonchev–Trinajstić information content (AvgIpc) is 3.11. The first kappa shape index (κ1) is 19.4. The van der Waals surface area contributed by atoms with Crippen LogP contribution in [0.5, 0.6) is 0 Å². The minimum atomic E-state index is -0.765. The van der Waals surface area contributed by atoms with Gasteiger partial charge in [-0.3, -0.25) is 4.79 Å². The molecule has 4 rings (SSSR count). The number of hydrogen-bond acceptors (Lipinski definition) is 3. The maximum absolute atomic E-state index is 11.9. The van der Waals surface area contributed by atoms with Crippen LogP contribution in [-0.4, -0.2) is 19.1 Å². The number of carbonyl (C=O) groups excluding carboxylic acids is 1. The van der Waals surface area contributed by atoms with Crippen LogP contribution in [0.25, 0.3) is 0 Å². The lowest BCUT2D eigenvalue weighted by Gasteiger charge is -2.34. The summed E-state index contributed by atoms with van der Waals surface area (Å²) in [6, 6.07) is 30.0. The molecule has 1 aliphatic heterocycles. The van der Waals surface area contributed by atoms with Crippen molar-refractivity contribution in [3.05, 3.63) is 108 Å². The monoisotopic (exact) mass is 385 g/mol. The second kappa shape index (κ2) is 8.23. The minimum Gasteiger partial charge on any atom is -0.403 e. The number of hydrogen-bond donors (Lipinski definition) is 1. The number of carbonyl (C=O) groups is 1. The van der Waals surface area contributed by atoms with E-state index in [0.29, 0.717) is 0 Å². The molecule has 0 aromatic heterocycles. The van der Waals surface area contributed by atoms with E-state index in [9.17, 15) is 4.79 Å². The van der Waals surface area contributed by atoms with Crippen molar-refractivity contribution in [3.8, 4) is 0 Å². The average molecular weight is 385 g/mol. The Labute approximate surface area is 172 Å². The molecule has 1 amide bonds. The zero-order chi connectivity index (χ0) is 20.3. The molecule has 3 aromatic rings. The standard InChI is InChI=1S/C24H24BNO3/c1-18-24(21-14-8-4-9-15-21,22-16-10-5-11-17-22)29-25(28-18)23(26-19(2)27)20-12-6-3-7-13-20/h3-18,23H,1-2H3,(H,26,27)/t18?,23-/m1/s1. The zero-order valence-electron chi connectivity index (χ0n) is 16.6. The molecule has 29 heavy (non-hydrogen) atoms. The first-order valence-electron chi connectivity index (χ1n) is 9.87. The number of nitrogens with one attached hydrogen (secondary N) is 1. The van der Waals surface area contributed by atoms with Gasteiger partial charge in [-0.25, -0.2) is 0 Å². The van der Waals surface area contributed by atoms with Crippen LogP contribution < -0.4 is 5.32 Å². The first-order valence-corrected chi connectivity index (χ1v) is 9.87. The van der Waals surface area contributed by atoms with Gasteiger partial charge in [0.25, 0.3) is 0 Å². The topological polar surface area (TPSA) is 47.6 Å². The van der Waals surface area contributed by atoms with Gasteiger partial charge in [-0.1, -0.05) is 91.0 Å². The van der Waals surface area contributed by atoms with Gasteiger partial charge in [-0.2, -0.15) is 0 Å². The van der Waals surface area contributed by atoms with Gasteiger partial charge in [0.1, 0.15) is 5.60 Å². The van der Waals surface area contributed by atoms with E-state index in [1.807, 2.05) is 73.7 Å². The molecular weight excluding hydrogens is 361 g/mol. The normalized spacial score (nSPS) is 19.0. The van der Waals surface area contributed by atoms with Crippen LogP contribution in [0.1, 0.15) is 36.5 Å². The molecule has 3 aromatic carbocycles. The zero-order valence-corrected chi connectivity index (χ0v) is 16.6. The summed E-state index contributed by atoms with van der Waals surface area (Å²) < 4.78 is 13.1. The van der Waals surface area contributed by atoms with Gasteiger partial charge in [0.15, 0.2) is 0 Å². The van der Waals surface area contributed by atoms with Gasteiger partial charge < -0.3 is 14.6 Å². The minimum absolute atomic E-state index is 0.129. The number of benzene rings is 3. The maximum Gasteiger partial charge on any atom is 0.487 e. The molecule has 0 aliphatic carbocycles. The predicted octanol–water partition coefficient (Wildman–Crippen LogP) is 4.27. The molecule has 2 atom stereocenters. The Balaban J connectivity index is 1.78. The highest BCUT2D eigenvalue weighted by atomic mass is 16.7. The fourth-order valence-electron chi connectivity index (χ4n) is 4.08. The molecule has 1 aliphatic rings. The van der Waals surface area contributed by atoms with Crippen molar-refractivity contribution in [3.63, 3.8) is 0 Å². The lowest BCUT2D eigenvalue weighted by Crippen LogP contribution is -2.41. The second-order valence-corrected chi connectivity index (χ2v) is 7.32. The van der Waals surface area contributed by atoms with E-state index in [1.165, 1.54) is 6.92 Å². The number of amides is 1. The van der Waals surface area contributed by atoms with E-state index in [0.717, 1.165) is 16.7 Å². The maximum atomic E-state index is 11.9. The molecular formula is C24H24BNO3. The van der Waals surface area contributed by atoms with Gasteiger partial charge >= 0.3 is 7.12 Å². The summed E-state index contributed by atoms with van der Waals surface area (Å²) in [6.07, 6.45) is -0.253. The molecule has 1 saturated heterocycles. The Kier molecular flexibility index (Phi) is 5.52. The van der Waals surface area contributed by atoms with Crippen molar-refractivity contribution in [2.24, 2.45) is 0 Å². The number of rotatable bonds is 5. The summed E-state index contributed by atoms with van der Waals surface area (Å²) >= 11 is 0. The van der Waals surface area contributed by atoms with E-state index in [2.05, 4.69) is 29.6 Å². The smallest absolute Gasteiger partial charge is 0.403 e. The fourth-order valence-corrected chi connectivity index (χ4v) is 4.08. The van der Waals surface area contributed by atoms with Crippen LogP contribution >= 0.6 is 0 Å². The highest BCUT2D eigenvalue weighted by Gasteiger charge is 2.54. The molecule has 0 radical (unpaired) electrons. The van der Waals surface area contributed by atoms with Gasteiger partial charge in [-0.05, 0) is 23.6 Å². The summed E-state index contributed by atoms with van der Waals surface area (Å²) in [5, 5.41) is 3.01. The van der Waals surface area contributed by atoms with Crippen molar-refractivity contribution >= 4 is 13.0 Å². The van der Waals surface area contributed by atoms with Crippen LogP contribution in [0.15, 0.2) is 91.0 Å². The lowest BCUT2D eigenvalue weighted by atomic mass is 9.73. The van der Waals surface area contributed by atoms with Crippen molar-refractivity contribution in [2.45, 2.75) is 31.5 Å². The first-order chi connectivity index (χ1) is 14.1. The summed E-state index contributed by atoms with van der Waals surface area (Å²) in [7, 11) is -0.628. The largest absolute Gasteiger partial charge is 0.487 e. The summed E-state index contributed by atoms with van der Waals surface area (Å²) in [6.45, 7) is 3.53. The molecule has 5 heteroatoms. The van der Waals surface area contributed by atoms with Crippen LogP contribution in [0.3, 0.4) is 0 Å². The Morgan fingerprint density at radius 2 is 1.38 bits per heavy atom. The second-order valence-electron chi connectivity index (χ2n) is 7.32. The summed E-state index contributed by atoms with van der Waals surface area (Å²) in [5.41, 5.74) is 2.22. The Morgan fingerprint density at radius 1 is 0.897 bits per heavy atom. The Bertz CT molecular complexity index is 910. The molecule has 1 fully saturated rings. The Morgan fingerprint density at radius 3 is 1.86 bits per heavy atom. The molecule has 1 heterocycles. The van der Waals surface area contributed by atoms with Crippen molar-refractivity contribution in [1.82, 2.24) is 5.32 Å². The third-order valence-electron chi connectivity index (χ3n) is 5.41. The van der Waals surface area contributed by atoms with Gasteiger partial charge in [0.2, 0.25) is 5.91 Å². The molecule has 0 spiro atoms. The summed E-state index contributed by atoms with van der Waals surface area (Å²) in [4.78, 5) is 11.9. The quantitative estimate of drug-likeness (QED) is 0.668. The van der Waals surface area contributed by atoms with Crippen LogP contribution in [0.2, 0.25) is 0 Å². The molecule has 4 nitrogen and oxygen atoms in total. The van der Waals surface area contributed by atoms with Gasteiger partial charge in [0.05, 0.1) is 12.0 Å². The van der Waals surface area contributed by atoms with Crippen molar-refractivity contribution < 1.29 is 14.1 Å². The summed E-state index contributed by atoms with van der Waals surface area (Å²) in [5.74, 6) is -0.541. The fraction of sp³-hybridized carbons (Fsp3) is 0.208. The highest BCUT2D eigenvalue weighted by molar-refractivity contribution is 6.47.